The van der Waals surface area contributed by atoms with Crippen molar-refractivity contribution >= 4 is 17.5 Å². The molecule has 1 amide bonds. The number of halogens is 1. The molecule has 1 atom stereocenters. The summed E-state index contributed by atoms with van der Waals surface area (Å²) in [7, 11) is 0. The van der Waals surface area contributed by atoms with E-state index in [1.165, 1.54) is 0 Å². The van der Waals surface area contributed by atoms with Crippen molar-refractivity contribution in [3.8, 4) is 0 Å². The predicted molar refractivity (Wildman–Crippen MR) is 93.7 cm³/mol. The molecular formula is C18H22ClN3O. The summed E-state index contributed by atoms with van der Waals surface area (Å²) >= 11 is 6.36. The number of rotatable bonds is 7. The molecule has 23 heavy (non-hydrogen) atoms. The van der Waals surface area contributed by atoms with Crippen molar-refractivity contribution in [3.63, 3.8) is 0 Å². The van der Waals surface area contributed by atoms with Crippen LogP contribution in [0.25, 0.3) is 0 Å². The molecule has 0 aliphatic rings. The lowest BCUT2D eigenvalue weighted by Gasteiger charge is -2.30. The smallest absolute Gasteiger partial charge is 0.269 e. The van der Waals surface area contributed by atoms with Crippen LogP contribution in [-0.4, -0.2) is 35.4 Å². The fourth-order valence-electron chi connectivity index (χ4n) is 2.62. The highest BCUT2D eigenvalue weighted by molar-refractivity contribution is 6.31. The molecule has 0 radical (unpaired) electrons. The van der Waals surface area contributed by atoms with Gasteiger partial charge in [0, 0.05) is 17.8 Å². The molecule has 0 saturated carbocycles. The van der Waals surface area contributed by atoms with Gasteiger partial charge in [-0.05, 0) is 36.9 Å². The van der Waals surface area contributed by atoms with E-state index in [2.05, 4.69) is 29.0 Å². The van der Waals surface area contributed by atoms with E-state index in [0.717, 1.165) is 23.7 Å². The number of amides is 1. The quantitative estimate of drug-likeness (QED) is 0.844. The monoisotopic (exact) mass is 331 g/mol. The highest BCUT2D eigenvalue weighted by Gasteiger charge is 2.21. The lowest BCUT2D eigenvalue weighted by molar-refractivity contribution is 0.0930. The average molecular weight is 332 g/mol. The zero-order valence-electron chi connectivity index (χ0n) is 13.5. The summed E-state index contributed by atoms with van der Waals surface area (Å²) in [6, 6.07) is 13.1. The second-order valence-corrected chi connectivity index (χ2v) is 5.59. The largest absolute Gasteiger partial charge is 0.349 e. The molecule has 4 nitrogen and oxygen atoms in total. The van der Waals surface area contributed by atoms with E-state index in [-0.39, 0.29) is 11.9 Å². The molecular weight excluding hydrogens is 310 g/mol. The van der Waals surface area contributed by atoms with Gasteiger partial charge >= 0.3 is 0 Å². The van der Waals surface area contributed by atoms with Crippen molar-refractivity contribution in [2.24, 2.45) is 0 Å². The maximum Gasteiger partial charge on any atom is 0.269 e. The fraction of sp³-hybridized carbons (Fsp3) is 0.333. The summed E-state index contributed by atoms with van der Waals surface area (Å²) in [5.41, 5.74) is 1.45. The molecule has 1 unspecified atom stereocenters. The van der Waals surface area contributed by atoms with Crippen molar-refractivity contribution in [3.05, 3.63) is 64.9 Å². The van der Waals surface area contributed by atoms with Gasteiger partial charge in [0.1, 0.15) is 5.69 Å². The Balaban J connectivity index is 2.15. The number of benzene rings is 1. The highest BCUT2D eigenvalue weighted by Crippen LogP contribution is 2.26. The first-order valence-corrected chi connectivity index (χ1v) is 8.22. The Labute approximate surface area is 142 Å². The van der Waals surface area contributed by atoms with Crippen molar-refractivity contribution in [2.45, 2.75) is 19.9 Å². The van der Waals surface area contributed by atoms with E-state index in [0.29, 0.717) is 12.2 Å². The van der Waals surface area contributed by atoms with E-state index in [1.54, 1.807) is 24.4 Å². The topological polar surface area (TPSA) is 45.2 Å². The molecule has 0 bridgehead atoms. The first-order valence-electron chi connectivity index (χ1n) is 7.85. The highest BCUT2D eigenvalue weighted by atomic mass is 35.5. The Bertz CT molecular complexity index is 629. The lowest BCUT2D eigenvalue weighted by Crippen LogP contribution is -2.38. The molecule has 122 valence electrons. The van der Waals surface area contributed by atoms with Crippen LogP contribution in [0.2, 0.25) is 5.02 Å². The minimum Gasteiger partial charge on any atom is -0.349 e. The number of hydrogen-bond donors (Lipinski definition) is 1. The Hall–Kier alpha value is -1.91. The first-order chi connectivity index (χ1) is 11.2. The first kappa shape index (κ1) is 17.4. The minimum atomic E-state index is -0.171. The standard InChI is InChI=1S/C18H22ClN3O/c1-3-22(4-2)17(14-9-5-6-10-15(14)19)13-21-18(23)16-11-7-8-12-20-16/h5-12,17H,3-4,13H2,1-2H3,(H,21,23). The zero-order chi connectivity index (χ0) is 16.7. The fourth-order valence-corrected chi connectivity index (χ4v) is 2.88. The average Bonchev–Trinajstić information content (AvgIpc) is 2.60. The molecule has 2 rings (SSSR count). The maximum atomic E-state index is 12.2. The molecule has 1 aromatic carbocycles. The molecule has 0 aliphatic heterocycles. The number of carbonyl (C=O) groups excluding carboxylic acids is 1. The summed E-state index contributed by atoms with van der Waals surface area (Å²) in [4.78, 5) is 18.6. The van der Waals surface area contributed by atoms with Crippen LogP contribution in [0, 0.1) is 0 Å². The number of aromatic nitrogens is 1. The molecule has 1 N–H and O–H groups in total. The summed E-state index contributed by atoms with van der Waals surface area (Å²) in [5, 5.41) is 3.69. The van der Waals surface area contributed by atoms with Crippen LogP contribution in [0.15, 0.2) is 48.7 Å². The maximum absolute atomic E-state index is 12.2. The molecule has 5 heteroatoms. The number of likely N-dealkylation sites (N-methyl/N-ethyl adjacent to an activating group) is 1. The summed E-state index contributed by atoms with van der Waals surface area (Å²) in [5.74, 6) is -0.171. The van der Waals surface area contributed by atoms with Crippen LogP contribution in [0.4, 0.5) is 0 Å². The van der Waals surface area contributed by atoms with Gasteiger partial charge in [-0.2, -0.15) is 0 Å². The summed E-state index contributed by atoms with van der Waals surface area (Å²) in [6.45, 7) is 6.46. The molecule has 2 aromatic rings. The van der Waals surface area contributed by atoms with E-state index in [1.807, 2.05) is 24.3 Å². The minimum absolute atomic E-state index is 0.0337. The van der Waals surface area contributed by atoms with Gasteiger partial charge in [0.2, 0.25) is 0 Å². The van der Waals surface area contributed by atoms with Gasteiger partial charge in [0.15, 0.2) is 0 Å². The number of carbonyl (C=O) groups is 1. The van der Waals surface area contributed by atoms with E-state index in [4.69, 9.17) is 11.6 Å². The van der Waals surface area contributed by atoms with E-state index >= 15 is 0 Å². The van der Waals surface area contributed by atoms with Crippen molar-refractivity contribution in [1.82, 2.24) is 15.2 Å². The van der Waals surface area contributed by atoms with Gasteiger partial charge in [0.05, 0.1) is 6.04 Å². The van der Waals surface area contributed by atoms with Crippen LogP contribution in [0.3, 0.4) is 0 Å². The van der Waals surface area contributed by atoms with Gasteiger partial charge in [-0.1, -0.05) is 49.7 Å². The third-order valence-corrected chi connectivity index (χ3v) is 4.22. The van der Waals surface area contributed by atoms with Gasteiger partial charge in [-0.15, -0.1) is 0 Å². The normalized spacial score (nSPS) is 12.2. The molecule has 1 aromatic heterocycles. The number of nitrogens with one attached hydrogen (secondary N) is 1. The second kappa shape index (κ2) is 8.65. The van der Waals surface area contributed by atoms with Crippen molar-refractivity contribution < 1.29 is 4.79 Å². The predicted octanol–water partition coefficient (Wildman–Crippen LogP) is 3.55. The van der Waals surface area contributed by atoms with Crippen LogP contribution < -0.4 is 5.32 Å². The Kier molecular flexibility index (Phi) is 6.56. The molecule has 0 aliphatic carbocycles. The van der Waals surface area contributed by atoms with Crippen molar-refractivity contribution in [1.29, 1.82) is 0 Å². The molecule has 0 fully saturated rings. The number of nitrogens with zero attached hydrogens (tertiary/aromatic N) is 2. The molecule has 1 heterocycles. The number of pyridine rings is 1. The van der Waals surface area contributed by atoms with Gasteiger partial charge < -0.3 is 5.32 Å². The second-order valence-electron chi connectivity index (χ2n) is 5.18. The van der Waals surface area contributed by atoms with Crippen molar-refractivity contribution in [2.75, 3.05) is 19.6 Å². The Morgan fingerprint density at radius 1 is 1.17 bits per heavy atom. The summed E-state index contributed by atoms with van der Waals surface area (Å²) in [6.07, 6.45) is 1.62. The zero-order valence-corrected chi connectivity index (χ0v) is 14.3. The lowest BCUT2D eigenvalue weighted by atomic mass is 10.0. The van der Waals surface area contributed by atoms with Crippen LogP contribution >= 0.6 is 11.6 Å². The molecule has 0 spiro atoms. The van der Waals surface area contributed by atoms with Crippen LogP contribution in [-0.2, 0) is 0 Å². The molecule has 0 saturated heterocycles. The van der Waals surface area contributed by atoms with Gasteiger partial charge in [-0.3, -0.25) is 14.7 Å². The Morgan fingerprint density at radius 3 is 2.48 bits per heavy atom. The SMILES string of the molecule is CCN(CC)C(CNC(=O)c1ccccn1)c1ccccc1Cl. The van der Waals surface area contributed by atoms with E-state index < -0.39 is 0 Å². The Morgan fingerprint density at radius 2 is 1.87 bits per heavy atom. The third-order valence-electron chi connectivity index (χ3n) is 3.87. The van der Waals surface area contributed by atoms with Gasteiger partial charge in [-0.25, -0.2) is 0 Å². The van der Waals surface area contributed by atoms with Crippen LogP contribution in [0.1, 0.15) is 35.9 Å². The third kappa shape index (κ3) is 4.53. The van der Waals surface area contributed by atoms with Crippen LogP contribution in [0.5, 0.6) is 0 Å². The van der Waals surface area contributed by atoms with E-state index in [9.17, 15) is 4.79 Å². The summed E-state index contributed by atoms with van der Waals surface area (Å²) < 4.78 is 0. The van der Waals surface area contributed by atoms with Gasteiger partial charge in [0.25, 0.3) is 5.91 Å². The number of hydrogen-bond acceptors (Lipinski definition) is 3.